The van der Waals surface area contributed by atoms with Crippen molar-refractivity contribution < 1.29 is 9.59 Å². The summed E-state index contributed by atoms with van der Waals surface area (Å²) in [6, 6.07) is 8.82. The number of carbonyl (C=O) groups excluding carboxylic acids is 2. The van der Waals surface area contributed by atoms with Crippen LogP contribution in [0.2, 0.25) is 0 Å². The Morgan fingerprint density at radius 2 is 0.981 bits per heavy atom. The van der Waals surface area contributed by atoms with Gasteiger partial charge in [-0.05, 0) is 46.2 Å². The summed E-state index contributed by atoms with van der Waals surface area (Å²) in [5, 5.41) is 5.87. The van der Waals surface area contributed by atoms with Crippen molar-refractivity contribution in [3.63, 3.8) is 0 Å². The predicted molar refractivity (Wildman–Crippen MR) is 228 cm³/mol. The van der Waals surface area contributed by atoms with Crippen LogP contribution in [-0.4, -0.2) is 58.3 Å². The van der Waals surface area contributed by atoms with Crippen molar-refractivity contribution in [2.24, 2.45) is 44.4 Å². The van der Waals surface area contributed by atoms with Gasteiger partial charge in [-0.25, -0.2) is 20.0 Å². The van der Waals surface area contributed by atoms with Crippen molar-refractivity contribution in [2.75, 3.05) is 35.2 Å². The summed E-state index contributed by atoms with van der Waals surface area (Å²) in [6.07, 6.45) is 1.16. The number of amides is 2. The number of nitrogens with two attached hydrogens (primary N) is 6. The second-order valence-corrected chi connectivity index (χ2v) is 15.0. The Kier molecular flexibility index (Phi) is 21.6. The van der Waals surface area contributed by atoms with E-state index < -0.39 is 11.8 Å². The van der Waals surface area contributed by atoms with Crippen LogP contribution in [0.5, 0.6) is 0 Å². The van der Waals surface area contributed by atoms with Crippen LogP contribution in [0.25, 0.3) is 0 Å². The summed E-state index contributed by atoms with van der Waals surface area (Å²) in [6.45, 7) is 13.0. The normalized spacial score (nSPS) is 10.6. The van der Waals surface area contributed by atoms with Gasteiger partial charge in [-0.15, -0.1) is 73.2 Å². The van der Waals surface area contributed by atoms with Crippen molar-refractivity contribution in [2.45, 2.75) is 62.2 Å². The molecule has 0 spiro atoms. The Balaban J connectivity index is 0. The molecule has 52 heavy (non-hydrogen) atoms. The van der Waals surface area contributed by atoms with E-state index in [2.05, 4.69) is 30.6 Å². The molecule has 0 unspecified atom stereocenters. The van der Waals surface area contributed by atoms with Gasteiger partial charge in [0.1, 0.15) is 17.7 Å². The van der Waals surface area contributed by atoms with Gasteiger partial charge in [-0.3, -0.25) is 9.59 Å². The molecule has 0 radical (unpaired) electrons. The Morgan fingerprint density at radius 1 is 0.635 bits per heavy atom. The Labute approximate surface area is 338 Å². The summed E-state index contributed by atoms with van der Waals surface area (Å²) < 4.78 is 0. The smallest absolute Gasteiger partial charge is 0.274 e. The molecule has 2 amide bonds. The Morgan fingerprint density at radius 3 is 1.27 bits per heavy atom. The second kappa shape index (κ2) is 22.1. The number of hydrogen-bond acceptors (Lipinski definition) is 10. The zero-order valence-electron chi connectivity index (χ0n) is 29.8. The fraction of sp³-hybridized carbons (Fsp3) is 0.375. The number of hydrogen-bond donors (Lipinski definition) is 8. The molecule has 1 heterocycles. The number of nitrogens with one attached hydrogen (secondary N) is 2. The van der Waals surface area contributed by atoms with Crippen molar-refractivity contribution in [3.8, 4) is 0 Å². The van der Waals surface area contributed by atoms with Crippen molar-refractivity contribution >= 4 is 120 Å². The molecule has 3 rings (SSSR count). The van der Waals surface area contributed by atoms with E-state index in [0.29, 0.717) is 57.1 Å². The van der Waals surface area contributed by atoms with E-state index in [1.54, 1.807) is 0 Å². The first-order chi connectivity index (χ1) is 22.4. The summed E-state index contributed by atoms with van der Waals surface area (Å²) in [5.74, 6) is -0.270. The molecule has 0 aliphatic heterocycles. The summed E-state index contributed by atoms with van der Waals surface area (Å²) in [4.78, 5) is 45.5. The van der Waals surface area contributed by atoms with Gasteiger partial charge in [-0.2, -0.15) is 0 Å². The van der Waals surface area contributed by atoms with Gasteiger partial charge in [0.2, 0.25) is 0 Å². The maximum Gasteiger partial charge on any atom is 0.274 e. The maximum atomic E-state index is 13.6. The molecule has 1 aromatic heterocycles. The first-order valence-electron chi connectivity index (χ1n) is 15.1. The van der Waals surface area contributed by atoms with E-state index in [-0.39, 0.29) is 83.8 Å². The van der Waals surface area contributed by atoms with Gasteiger partial charge in [0.15, 0.2) is 11.9 Å². The van der Waals surface area contributed by atoms with Gasteiger partial charge in [0.25, 0.3) is 11.8 Å². The van der Waals surface area contributed by atoms with Gasteiger partial charge in [0.05, 0.1) is 32.5 Å². The zero-order valence-corrected chi connectivity index (χ0v) is 34.7. The third-order valence-corrected chi connectivity index (χ3v) is 9.04. The highest BCUT2D eigenvalue weighted by atomic mass is 35.5. The predicted octanol–water partition coefficient (Wildman–Crippen LogP) is 5.17. The number of halogens is 4. The lowest BCUT2D eigenvalue weighted by atomic mass is 9.86. The van der Waals surface area contributed by atoms with Crippen molar-refractivity contribution in [1.82, 2.24) is 9.97 Å². The van der Waals surface area contributed by atoms with E-state index in [1.165, 1.54) is 29.6 Å². The Hall–Kier alpha value is -3.22. The van der Waals surface area contributed by atoms with Crippen LogP contribution in [-0.2, 0) is 10.8 Å². The first-order valence-corrected chi connectivity index (χ1v) is 17.1. The van der Waals surface area contributed by atoms with Crippen LogP contribution in [0.4, 0.5) is 22.7 Å². The number of aromatic nitrogens is 2. The summed E-state index contributed by atoms with van der Waals surface area (Å²) in [5.41, 5.74) is 37.6. The molecule has 0 saturated heterocycles. The molecule has 0 atom stereocenters. The number of carbonyl (C=O) groups is 2. The van der Waals surface area contributed by atoms with Crippen LogP contribution < -0.4 is 45.0 Å². The molecule has 3 aromatic rings. The quantitative estimate of drug-likeness (QED) is 0.0667. The van der Waals surface area contributed by atoms with Gasteiger partial charge < -0.3 is 45.0 Å². The molecule has 0 aliphatic carbocycles. The topological polar surface area (TPSA) is 265 Å². The molecule has 14 nitrogen and oxygen atoms in total. The number of thioether (sulfide) groups is 2. The van der Waals surface area contributed by atoms with Crippen LogP contribution in [0, 0.1) is 0 Å². The Bertz CT molecular complexity index is 1600. The minimum absolute atomic E-state index is 0. The average Bonchev–Trinajstić information content (AvgIpc) is 2.98. The molecule has 20 heteroatoms. The van der Waals surface area contributed by atoms with Gasteiger partial charge in [-0.1, -0.05) is 41.5 Å². The van der Waals surface area contributed by atoms with Crippen LogP contribution in [0.15, 0.2) is 56.4 Å². The monoisotopic (exact) mass is 838 g/mol. The largest absolute Gasteiger partial charge is 0.370 e. The van der Waals surface area contributed by atoms with Gasteiger partial charge in [0, 0.05) is 30.7 Å². The summed E-state index contributed by atoms with van der Waals surface area (Å²) in [7, 11) is 0. The molecular formula is C32H50Cl4N12O2S2. The molecule has 290 valence electrons. The zero-order chi connectivity index (χ0) is 35.8. The molecule has 0 bridgehead atoms. The highest BCUT2D eigenvalue weighted by Crippen LogP contribution is 2.42. The standard InChI is InChI=1S/C32H46N12O2S2.4ClH/c1-31(2,3)17-11-19(25(47-9-7-33)21(13-17)43-29(35)36)41-27(45)23-15-24(40-16-39-23)28(46)42-20-12-18(32(4,5)6)14-22(44-30(37)38)26(20)48-10-8-34;;;;/h11-16H,7-10,33-34H2,1-6H3,(H,41,45)(H,42,46)(H4,35,36,43)(H4,37,38,44);4*1H. The minimum Gasteiger partial charge on any atom is -0.370 e. The van der Waals surface area contributed by atoms with E-state index in [1.807, 2.05) is 65.8 Å². The number of anilines is 2. The molecule has 14 N–H and O–H groups in total. The van der Waals surface area contributed by atoms with E-state index in [9.17, 15) is 9.59 Å². The van der Waals surface area contributed by atoms with Crippen molar-refractivity contribution in [3.05, 3.63) is 59.2 Å². The third kappa shape index (κ3) is 14.3. The lowest BCUT2D eigenvalue weighted by Crippen LogP contribution is -2.22. The molecule has 0 fully saturated rings. The van der Waals surface area contributed by atoms with E-state index >= 15 is 0 Å². The average molecular weight is 841 g/mol. The van der Waals surface area contributed by atoms with Crippen LogP contribution in [0.1, 0.15) is 73.6 Å². The van der Waals surface area contributed by atoms with E-state index in [4.69, 9.17) is 34.4 Å². The number of nitrogens with zero attached hydrogens (tertiary/aromatic N) is 4. The second-order valence-electron chi connectivity index (χ2n) is 12.8. The molecule has 0 saturated carbocycles. The van der Waals surface area contributed by atoms with E-state index in [0.717, 1.165) is 17.5 Å². The number of guanidine groups is 2. The van der Waals surface area contributed by atoms with Crippen LogP contribution >= 0.6 is 73.2 Å². The lowest BCUT2D eigenvalue weighted by molar-refractivity contribution is 0.102. The molecular weight excluding hydrogens is 790 g/mol. The highest BCUT2D eigenvalue weighted by molar-refractivity contribution is 7.99. The van der Waals surface area contributed by atoms with Crippen LogP contribution in [0.3, 0.4) is 0 Å². The molecule has 2 aromatic carbocycles. The lowest BCUT2D eigenvalue weighted by Gasteiger charge is -2.23. The number of rotatable bonds is 12. The SMILES string of the molecule is CC(C)(C)c1cc(N=C(N)N)c(SCCN)c(NC(=O)c2cc(C(=O)Nc3cc(C(C)(C)C)cc(N=C(N)N)c3SCCN)ncn2)c1.Cl.Cl.Cl.Cl. The molecule has 0 aliphatic rings. The highest BCUT2D eigenvalue weighted by Gasteiger charge is 2.24. The minimum atomic E-state index is -0.563. The maximum absolute atomic E-state index is 13.6. The fourth-order valence-corrected chi connectivity index (χ4v) is 6.01. The first kappa shape index (κ1) is 50.9. The van der Waals surface area contributed by atoms with Gasteiger partial charge >= 0.3 is 0 Å². The van der Waals surface area contributed by atoms with Crippen molar-refractivity contribution in [1.29, 1.82) is 0 Å². The number of benzene rings is 2. The third-order valence-electron chi connectivity index (χ3n) is 6.73. The fourth-order valence-electron chi connectivity index (χ4n) is 4.33. The summed E-state index contributed by atoms with van der Waals surface area (Å²) >= 11 is 2.81. The number of aliphatic imine (C=N–C) groups is 2.